The molecule has 0 aliphatic rings. The van der Waals surface area contributed by atoms with Gasteiger partial charge >= 0.3 is 0 Å². The van der Waals surface area contributed by atoms with Crippen LogP contribution in [0, 0.1) is 10.1 Å². The highest BCUT2D eigenvalue weighted by molar-refractivity contribution is 7.94. The van der Waals surface area contributed by atoms with Crippen LogP contribution in [0.1, 0.15) is 4.88 Å². The number of hydrogen-bond donors (Lipinski definition) is 0. The van der Waals surface area contributed by atoms with Gasteiger partial charge in [0, 0.05) is 40.4 Å². The second-order valence-corrected chi connectivity index (χ2v) is 5.39. The Morgan fingerprint density at radius 1 is 1.28 bits per heavy atom. The highest BCUT2D eigenvalue weighted by Gasteiger charge is 2.04. The van der Waals surface area contributed by atoms with Crippen molar-refractivity contribution in [3.05, 3.63) is 56.8 Å². The molecule has 0 N–H and O–H groups in total. The first-order chi connectivity index (χ1) is 8.75. The molecule has 2 aromatic rings. The molecule has 1 aromatic carbocycles. The first-order valence-electron chi connectivity index (χ1n) is 5.32. The maximum atomic E-state index is 10.5. The molecule has 1 aromatic heterocycles. The average Bonchev–Trinajstić information content (AvgIpc) is 2.88. The first kappa shape index (κ1) is 13.1. The van der Waals surface area contributed by atoms with Gasteiger partial charge in [-0.05, 0) is 23.6 Å². The lowest BCUT2D eigenvalue weighted by molar-refractivity contribution is -0.384. The molecule has 94 valence electrons. The fourth-order valence-corrected chi connectivity index (χ4v) is 2.57. The molecule has 0 bridgehead atoms. The molecule has 18 heavy (non-hydrogen) atoms. The van der Waals surface area contributed by atoms with E-state index in [1.807, 2.05) is 11.4 Å². The number of benzene rings is 1. The molecule has 0 radical (unpaired) electrons. The van der Waals surface area contributed by atoms with Crippen LogP contribution in [0.5, 0.6) is 0 Å². The Morgan fingerprint density at radius 2 is 2.06 bits per heavy atom. The number of hydrogen-bond acceptors (Lipinski definition) is 5. The molecule has 6 heteroatoms. The third-order valence-electron chi connectivity index (χ3n) is 2.21. The molecular weight excluding hydrogens is 270 g/mol. The third-order valence-corrected chi connectivity index (χ3v) is 3.90. The predicted molar refractivity (Wildman–Crippen MR) is 72.9 cm³/mol. The first-order valence-corrected chi connectivity index (χ1v) is 6.94. The van der Waals surface area contributed by atoms with Gasteiger partial charge in [-0.15, -0.1) is 11.3 Å². The number of non-ortho nitro benzene ring substituents is 1. The SMILES string of the molecule is O=[N+]([O-])c1ccc(SOCCc2cccs2)cc1. The Morgan fingerprint density at radius 3 is 2.67 bits per heavy atom. The van der Waals surface area contributed by atoms with Gasteiger partial charge in [0.15, 0.2) is 0 Å². The smallest absolute Gasteiger partial charge is 0.269 e. The van der Waals surface area contributed by atoms with Gasteiger partial charge in [-0.1, -0.05) is 6.07 Å². The Labute approximate surface area is 113 Å². The predicted octanol–water partition coefficient (Wildman–Crippen LogP) is 3.92. The summed E-state index contributed by atoms with van der Waals surface area (Å²) in [5.74, 6) is 0. The van der Waals surface area contributed by atoms with Crippen molar-refractivity contribution in [2.45, 2.75) is 11.3 Å². The maximum Gasteiger partial charge on any atom is 0.269 e. The normalized spacial score (nSPS) is 10.4. The summed E-state index contributed by atoms with van der Waals surface area (Å²) in [6.07, 6.45) is 0.887. The van der Waals surface area contributed by atoms with E-state index in [-0.39, 0.29) is 5.69 Å². The number of nitro benzene ring substituents is 1. The van der Waals surface area contributed by atoms with Gasteiger partial charge in [-0.2, -0.15) is 0 Å². The number of nitro groups is 1. The van der Waals surface area contributed by atoms with Gasteiger partial charge < -0.3 is 4.18 Å². The summed E-state index contributed by atoms with van der Waals surface area (Å²) in [6.45, 7) is 0.627. The Bertz CT molecular complexity index is 497. The van der Waals surface area contributed by atoms with Gasteiger partial charge in [0.05, 0.1) is 11.5 Å². The van der Waals surface area contributed by atoms with Crippen LogP contribution in [0.25, 0.3) is 0 Å². The standard InChI is InChI=1S/C12H11NO3S2/c14-13(15)10-3-5-12(6-4-10)18-16-8-7-11-2-1-9-17-11/h1-6,9H,7-8H2. The van der Waals surface area contributed by atoms with Gasteiger partial charge in [0.2, 0.25) is 0 Å². The van der Waals surface area contributed by atoms with Crippen molar-refractivity contribution in [3.63, 3.8) is 0 Å². The van der Waals surface area contributed by atoms with Crippen LogP contribution < -0.4 is 0 Å². The van der Waals surface area contributed by atoms with Crippen molar-refractivity contribution in [1.82, 2.24) is 0 Å². The number of nitrogens with zero attached hydrogens (tertiary/aromatic N) is 1. The number of rotatable bonds is 6. The Hall–Kier alpha value is -1.37. The van der Waals surface area contributed by atoms with E-state index in [4.69, 9.17) is 4.18 Å². The lowest BCUT2D eigenvalue weighted by atomic mass is 10.3. The van der Waals surface area contributed by atoms with Crippen molar-refractivity contribution >= 4 is 29.1 Å². The minimum Gasteiger partial charge on any atom is -0.310 e. The third kappa shape index (κ3) is 3.83. The van der Waals surface area contributed by atoms with Gasteiger partial charge in [-0.25, -0.2) is 0 Å². The molecule has 0 aliphatic carbocycles. The van der Waals surface area contributed by atoms with Crippen molar-refractivity contribution in [3.8, 4) is 0 Å². The minimum absolute atomic E-state index is 0.0953. The fraction of sp³-hybridized carbons (Fsp3) is 0.167. The van der Waals surface area contributed by atoms with Crippen molar-refractivity contribution in [2.75, 3.05) is 6.61 Å². The second kappa shape index (κ2) is 6.53. The largest absolute Gasteiger partial charge is 0.310 e. The Balaban J connectivity index is 1.75. The van der Waals surface area contributed by atoms with Crippen LogP contribution in [0.2, 0.25) is 0 Å². The van der Waals surface area contributed by atoms with Crippen LogP contribution >= 0.6 is 23.4 Å². The average molecular weight is 281 g/mol. The zero-order valence-electron chi connectivity index (χ0n) is 9.44. The number of thiophene rings is 1. The molecule has 2 rings (SSSR count). The van der Waals surface area contributed by atoms with E-state index >= 15 is 0 Å². The summed E-state index contributed by atoms with van der Waals surface area (Å²) < 4.78 is 5.45. The summed E-state index contributed by atoms with van der Waals surface area (Å²) in [5, 5.41) is 12.5. The van der Waals surface area contributed by atoms with Crippen molar-refractivity contribution in [1.29, 1.82) is 0 Å². The van der Waals surface area contributed by atoms with Crippen LogP contribution in [0.3, 0.4) is 0 Å². The van der Waals surface area contributed by atoms with Crippen molar-refractivity contribution in [2.24, 2.45) is 0 Å². The van der Waals surface area contributed by atoms with Crippen LogP contribution in [-0.4, -0.2) is 11.5 Å². The topological polar surface area (TPSA) is 52.4 Å². The molecule has 0 aliphatic heterocycles. The van der Waals surface area contributed by atoms with E-state index in [1.165, 1.54) is 29.1 Å². The maximum absolute atomic E-state index is 10.5. The molecule has 0 fully saturated rings. The summed E-state index contributed by atoms with van der Waals surface area (Å²) in [5.41, 5.74) is 0.0953. The molecule has 0 amide bonds. The van der Waals surface area contributed by atoms with Crippen LogP contribution in [0.4, 0.5) is 5.69 Å². The van der Waals surface area contributed by atoms with Crippen molar-refractivity contribution < 1.29 is 9.11 Å². The van der Waals surface area contributed by atoms with Gasteiger partial charge in [0.1, 0.15) is 0 Å². The second-order valence-electron chi connectivity index (χ2n) is 3.49. The van der Waals surface area contributed by atoms with Gasteiger partial charge in [0.25, 0.3) is 5.69 Å². The fourth-order valence-electron chi connectivity index (χ4n) is 1.33. The molecule has 0 saturated heterocycles. The Kier molecular flexibility index (Phi) is 4.74. The lowest BCUT2D eigenvalue weighted by Gasteiger charge is -2.01. The van der Waals surface area contributed by atoms with Gasteiger partial charge in [-0.3, -0.25) is 10.1 Å². The highest BCUT2D eigenvalue weighted by atomic mass is 32.2. The molecule has 4 nitrogen and oxygen atoms in total. The van der Waals surface area contributed by atoms with E-state index in [1.54, 1.807) is 23.5 Å². The molecule has 1 heterocycles. The molecule has 0 saturated carbocycles. The highest BCUT2D eigenvalue weighted by Crippen LogP contribution is 2.22. The molecule has 0 atom stereocenters. The summed E-state index contributed by atoms with van der Waals surface area (Å²) >= 11 is 2.95. The molecule has 0 spiro atoms. The van der Waals surface area contributed by atoms with E-state index in [0.29, 0.717) is 6.61 Å². The zero-order valence-corrected chi connectivity index (χ0v) is 11.1. The quantitative estimate of drug-likeness (QED) is 0.348. The lowest BCUT2D eigenvalue weighted by Crippen LogP contribution is -1.91. The minimum atomic E-state index is -0.411. The van der Waals surface area contributed by atoms with E-state index in [0.717, 1.165) is 11.3 Å². The monoisotopic (exact) mass is 281 g/mol. The molecular formula is C12H11NO3S2. The van der Waals surface area contributed by atoms with Crippen LogP contribution in [-0.2, 0) is 10.6 Å². The molecule has 0 unspecified atom stereocenters. The van der Waals surface area contributed by atoms with Crippen LogP contribution in [0.15, 0.2) is 46.7 Å². The van der Waals surface area contributed by atoms with E-state index in [9.17, 15) is 10.1 Å². The summed E-state index contributed by atoms with van der Waals surface area (Å²) in [6, 6.07) is 10.4. The summed E-state index contributed by atoms with van der Waals surface area (Å²) in [4.78, 5) is 12.2. The van der Waals surface area contributed by atoms with E-state index in [2.05, 4.69) is 6.07 Å². The van der Waals surface area contributed by atoms with E-state index < -0.39 is 4.92 Å². The summed E-state index contributed by atoms with van der Waals surface area (Å²) in [7, 11) is 0. The zero-order chi connectivity index (χ0) is 12.8.